The van der Waals surface area contributed by atoms with Gasteiger partial charge in [-0.3, -0.25) is 4.90 Å². The van der Waals surface area contributed by atoms with E-state index < -0.39 is 6.10 Å². The average molecular weight is 303 g/mol. The van der Waals surface area contributed by atoms with E-state index in [1.54, 1.807) is 7.11 Å². The Labute approximate surface area is 126 Å². The Bertz CT molecular complexity index is 386. The van der Waals surface area contributed by atoms with Gasteiger partial charge in [-0.1, -0.05) is 12.1 Å². The zero-order valence-corrected chi connectivity index (χ0v) is 12.6. The Morgan fingerprint density at radius 2 is 1.90 bits per heavy atom. The molecule has 114 valence electrons. The number of hydrogen-bond donors (Lipinski definition) is 2. The van der Waals surface area contributed by atoms with Crippen LogP contribution >= 0.6 is 12.4 Å². The number of aliphatic hydroxyl groups is 1. The van der Waals surface area contributed by atoms with Gasteiger partial charge in [-0.2, -0.15) is 0 Å². The molecule has 0 bridgehead atoms. The normalized spacial score (nSPS) is 17.1. The average Bonchev–Trinajstić information content (AvgIpc) is 2.46. The second-order valence-electron chi connectivity index (χ2n) is 4.67. The molecule has 1 aliphatic rings. The fraction of sp³-hybridized carbons (Fsp3) is 0.571. The molecule has 2 rings (SSSR count). The molecule has 0 radical (unpaired) electrons. The summed E-state index contributed by atoms with van der Waals surface area (Å²) in [5, 5.41) is 13.3. The summed E-state index contributed by atoms with van der Waals surface area (Å²) in [5.74, 6) is 1.36. The van der Waals surface area contributed by atoms with Crippen LogP contribution in [0.5, 0.6) is 11.5 Å². The zero-order chi connectivity index (χ0) is 13.5. The summed E-state index contributed by atoms with van der Waals surface area (Å²) in [6.07, 6.45) is -0.483. The van der Waals surface area contributed by atoms with Crippen molar-refractivity contribution in [3.63, 3.8) is 0 Å². The van der Waals surface area contributed by atoms with E-state index in [2.05, 4.69) is 10.2 Å². The third-order valence-electron chi connectivity index (χ3n) is 3.18. The summed E-state index contributed by atoms with van der Waals surface area (Å²) in [4.78, 5) is 2.24. The van der Waals surface area contributed by atoms with Crippen molar-refractivity contribution >= 4 is 12.4 Å². The molecule has 6 heteroatoms. The van der Waals surface area contributed by atoms with Gasteiger partial charge in [0, 0.05) is 32.7 Å². The van der Waals surface area contributed by atoms with E-state index in [1.165, 1.54) is 0 Å². The van der Waals surface area contributed by atoms with Gasteiger partial charge in [-0.05, 0) is 12.1 Å². The minimum Gasteiger partial charge on any atom is -0.493 e. The molecule has 0 aromatic heterocycles. The second kappa shape index (κ2) is 9.02. The molecule has 1 aromatic rings. The molecule has 0 amide bonds. The Morgan fingerprint density at radius 1 is 1.25 bits per heavy atom. The first-order chi connectivity index (χ1) is 9.29. The number of aliphatic hydroxyl groups excluding tert-OH is 1. The van der Waals surface area contributed by atoms with Crippen LogP contribution in [-0.4, -0.2) is 62.6 Å². The predicted molar refractivity (Wildman–Crippen MR) is 81.1 cm³/mol. The van der Waals surface area contributed by atoms with Crippen molar-refractivity contribution in [2.24, 2.45) is 0 Å². The lowest BCUT2D eigenvalue weighted by molar-refractivity contribution is 0.0632. The van der Waals surface area contributed by atoms with Gasteiger partial charge in [0.25, 0.3) is 0 Å². The van der Waals surface area contributed by atoms with E-state index in [-0.39, 0.29) is 19.0 Å². The summed E-state index contributed by atoms with van der Waals surface area (Å²) < 4.78 is 10.8. The number of halogens is 1. The summed E-state index contributed by atoms with van der Waals surface area (Å²) in [5.41, 5.74) is 0. The van der Waals surface area contributed by atoms with Crippen molar-refractivity contribution in [3.05, 3.63) is 24.3 Å². The molecule has 0 aliphatic carbocycles. The molecule has 1 aromatic carbocycles. The molecule has 1 heterocycles. The Morgan fingerprint density at radius 3 is 2.55 bits per heavy atom. The predicted octanol–water partition coefficient (Wildman–Crippen LogP) is 0.762. The number of hydrogen-bond acceptors (Lipinski definition) is 5. The SMILES string of the molecule is COc1ccccc1OCC(O)CN1CCNCC1.Cl. The summed E-state index contributed by atoms with van der Waals surface area (Å²) in [7, 11) is 1.61. The van der Waals surface area contributed by atoms with Gasteiger partial charge in [-0.25, -0.2) is 0 Å². The highest BCUT2D eigenvalue weighted by molar-refractivity contribution is 5.85. The van der Waals surface area contributed by atoms with Gasteiger partial charge in [0.1, 0.15) is 12.7 Å². The van der Waals surface area contributed by atoms with Gasteiger partial charge in [0.2, 0.25) is 0 Å². The molecule has 20 heavy (non-hydrogen) atoms. The highest BCUT2D eigenvalue weighted by Crippen LogP contribution is 2.25. The van der Waals surface area contributed by atoms with Crippen molar-refractivity contribution in [2.75, 3.05) is 46.4 Å². The van der Waals surface area contributed by atoms with E-state index in [0.717, 1.165) is 26.2 Å². The Hall–Kier alpha value is -1.01. The summed E-state index contributed by atoms with van der Waals surface area (Å²) in [6, 6.07) is 7.47. The minimum absolute atomic E-state index is 0. The van der Waals surface area contributed by atoms with Crippen LogP contribution in [0.25, 0.3) is 0 Å². The molecule has 5 nitrogen and oxygen atoms in total. The van der Waals surface area contributed by atoms with Crippen LogP contribution in [-0.2, 0) is 0 Å². The molecular weight excluding hydrogens is 280 g/mol. The molecule has 1 unspecified atom stereocenters. The molecule has 2 N–H and O–H groups in total. The van der Waals surface area contributed by atoms with Gasteiger partial charge < -0.3 is 19.9 Å². The number of piperazine rings is 1. The van der Waals surface area contributed by atoms with E-state index in [1.807, 2.05) is 24.3 Å². The van der Waals surface area contributed by atoms with Crippen LogP contribution in [0.2, 0.25) is 0 Å². The third-order valence-corrected chi connectivity index (χ3v) is 3.18. The molecule has 1 atom stereocenters. The van der Waals surface area contributed by atoms with Crippen LogP contribution in [0.1, 0.15) is 0 Å². The number of methoxy groups -OCH3 is 1. The highest BCUT2D eigenvalue weighted by atomic mass is 35.5. The number of nitrogens with zero attached hydrogens (tertiary/aromatic N) is 1. The van der Waals surface area contributed by atoms with Crippen molar-refractivity contribution in [2.45, 2.75) is 6.10 Å². The second-order valence-corrected chi connectivity index (χ2v) is 4.67. The lowest BCUT2D eigenvalue weighted by Gasteiger charge is -2.29. The molecule has 0 saturated carbocycles. The van der Waals surface area contributed by atoms with Crippen LogP contribution in [0.15, 0.2) is 24.3 Å². The quantitative estimate of drug-likeness (QED) is 0.813. The maximum absolute atomic E-state index is 10.00. The molecule has 1 aliphatic heterocycles. The fourth-order valence-electron chi connectivity index (χ4n) is 2.17. The first kappa shape index (κ1) is 17.0. The van der Waals surface area contributed by atoms with Gasteiger partial charge in [0.05, 0.1) is 7.11 Å². The van der Waals surface area contributed by atoms with Gasteiger partial charge >= 0.3 is 0 Å². The van der Waals surface area contributed by atoms with Crippen LogP contribution < -0.4 is 14.8 Å². The van der Waals surface area contributed by atoms with E-state index in [9.17, 15) is 5.11 Å². The number of para-hydroxylation sites is 2. The maximum atomic E-state index is 10.00. The lowest BCUT2D eigenvalue weighted by Crippen LogP contribution is -2.47. The number of ether oxygens (including phenoxy) is 2. The fourth-order valence-corrected chi connectivity index (χ4v) is 2.17. The van der Waals surface area contributed by atoms with Crippen LogP contribution in [0.4, 0.5) is 0 Å². The van der Waals surface area contributed by atoms with Crippen LogP contribution in [0, 0.1) is 0 Å². The minimum atomic E-state index is -0.483. The lowest BCUT2D eigenvalue weighted by atomic mass is 10.3. The van der Waals surface area contributed by atoms with Crippen molar-refractivity contribution < 1.29 is 14.6 Å². The number of benzene rings is 1. The third kappa shape index (κ3) is 5.17. The van der Waals surface area contributed by atoms with E-state index >= 15 is 0 Å². The first-order valence-corrected chi connectivity index (χ1v) is 6.66. The molecule has 1 fully saturated rings. The standard InChI is InChI=1S/C14H22N2O3.ClH/c1-18-13-4-2-3-5-14(13)19-11-12(17)10-16-8-6-15-7-9-16;/h2-5,12,15,17H,6-11H2,1H3;1H. The van der Waals surface area contributed by atoms with Gasteiger partial charge in [-0.15, -0.1) is 12.4 Å². The Kier molecular flexibility index (Phi) is 7.69. The van der Waals surface area contributed by atoms with E-state index in [4.69, 9.17) is 9.47 Å². The van der Waals surface area contributed by atoms with Crippen molar-refractivity contribution in [1.29, 1.82) is 0 Å². The number of nitrogens with one attached hydrogen (secondary N) is 1. The Balaban J connectivity index is 0.00000200. The monoisotopic (exact) mass is 302 g/mol. The van der Waals surface area contributed by atoms with Gasteiger partial charge in [0.15, 0.2) is 11.5 Å². The van der Waals surface area contributed by atoms with Crippen molar-refractivity contribution in [3.8, 4) is 11.5 Å². The number of β-amino-alcohol motifs (C(OH)–C–C–N with tert-alkyl or cyclic N) is 1. The highest BCUT2D eigenvalue weighted by Gasteiger charge is 2.15. The van der Waals surface area contributed by atoms with Crippen molar-refractivity contribution in [1.82, 2.24) is 10.2 Å². The smallest absolute Gasteiger partial charge is 0.161 e. The number of rotatable bonds is 6. The summed E-state index contributed by atoms with van der Waals surface area (Å²) in [6.45, 7) is 4.86. The molecular formula is C14H23ClN2O3. The maximum Gasteiger partial charge on any atom is 0.161 e. The molecule has 0 spiro atoms. The summed E-state index contributed by atoms with van der Waals surface area (Å²) >= 11 is 0. The zero-order valence-electron chi connectivity index (χ0n) is 11.7. The largest absolute Gasteiger partial charge is 0.493 e. The molecule has 1 saturated heterocycles. The topological polar surface area (TPSA) is 54.0 Å². The van der Waals surface area contributed by atoms with E-state index in [0.29, 0.717) is 18.0 Å². The first-order valence-electron chi connectivity index (χ1n) is 6.66. The van der Waals surface area contributed by atoms with Crippen LogP contribution in [0.3, 0.4) is 0 Å².